The van der Waals surface area contributed by atoms with Gasteiger partial charge in [-0.1, -0.05) is 25.1 Å². The van der Waals surface area contributed by atoms with E-state index < -0.39 is 10.0 Å². The normalized spacial score (nSPS) is 11.8. The Balaban J connectivity index is 3.22. The number of ketones is 1. The molecule has 0 aliphatic carbocycles. The lowest BCUT2D eigenvalue weighted by molar-refractivity contribution is -0.118. The van der Waals surface area contributed by atoms with E-state index in [-0.39, 0.29) is 17.1 Å². The fourth-order valence-corrected chi connectivity index (χ4v) is 2.55. The molecule has 94 valence electrons. The molecule has 0 aromatic heterocycles. The van der Waals surface area contributed by atoms with Gasteiger partial charge in [-0.3, -0.25) is 4.79 Å². The van der Waals surface area contributed by atoms with Crippen LogP contribution in [0.2, 0.25) is 0 Å². The van der Waals surface area contributed by atoms with Gasteiger partial charge in [0.25, 0.3) is 0 Å². The second kappa shape index (κ2) is 5.42. The van der Waals surface area contributed by atoms with Crippen LogP contribution in [0.4, 0.5) is 0 Å². The Morgan fingerprint density at radius 2 is 1.82 bits per heavy atom. The second-order valence-electron chi connectivity index (χ2n) is 3.96. The lowest BCUT2D eigenvalue weighted by Gasteiger charge is -2.14. The van der Waals surface area contributed by atoms with Crippen molar-refractivity contribution >= 4 is 15.8 Å². The molecule has 17 heavy (non-hydrogen) atoms. The van der Waals surface area contributed by atoms with Crippen molar-refractivity contribution in [1.29, 1.82) is 0 Å². The first-order valence-corrected chi connectivity index (χ1v) is 6.85. The largest absolute Gasteiger partial charge is 0.299 e. The molecule has 0 fully saturated rings. The number of rotatable bonds is 5. The molecule has 0 radical (unpaired) electrons. The summed E-state index contributed by atoms with van der Waals surface area (Å²) in [6.07, 6.45) is 0.579. The van der Waals surface area contributed by atoms with Crippen molar-refractivity contribution in [3.05, 3.63) is 29.8 Å². The number of carbonyl (C=O) groups excluding carboxylic acids is 1. The van der Waals surface area contributed by atoms with Gasteiger partial charge in [0, 0.05) is 26.9 Å². The minimum Gasteiger partial charge on any atom is -0.299 e. The molecule has 0 N–H and O–H groups in total. The van der Waals surface area contributed by atoms with E-state index in [2.05, 4.69) is 0 Å². The summed E-state index contributed by atoms with van der Waals surface area (Å²) in [4.78, 5) is 11.6. The third kappa shape index (κ3) is 3.14. The fourth-order valence-electron chi connectivity index (χ4n) is 1.44. The Bertz CT molecular complexity index is 506. The quantitative estimate of drug-likeness (QED) is 0.800. The summed E-state index contributed by atoms with van der Waals surface area (Å²) >= 11 is 0. The predicted molar refractivity (Wildman–Crippen MR) is 66.3 cm³/mol. The van der Waals surface area contributed by atoms with E-state index in [1.54, 1.807) is 25.1 Å². The van der Waals surface area contributed by atoms with E-state index in [1.807, 2.05) is 0 Å². The Kier molecular flexibility index (Phi) is 4.42. The molecule has 0 saturated carbocycles. The molecule has 0 aliphatic heterocycles. The van der Waals surface area contributed by atoms with Gasteiger partial charge in [0.1, 0.15) is 5.78 Å². The fraction of sp³-hybridized carbons (Fsp3) is 0.417. The average Bonchev–Trinajstić information content (AvgIpc) is 2.29. The van der Waals surface area contributed by atoms with Crippen LogP contribution in [0.25, 0.3) is 0 Å². The highest BCUT2D eigenvalue weighted by Gasteiger charge is 2.21. The van der Waals surface area contributed by atoms with E-state index in [1.165, 1.54) is 20.2 Å². The molecule has 5 heteroatoms. The van der Waals surface area contributed by atoms with E-state index in [9.17, 15) is 13.2 Å². The topological polar surface area (TPSA) is 54.5 Å². The Morgan fingerprint density at radius 3 is 2.35 bits per heavy atom. The van der Waals surface area contributed by atoms with E-state index in [0.717, 1.165) is 4.31 Å². The molecule has 0 spiro atoms. The van der Waals surface area contributed by atoms with Gasteiger partial charge in [0.15, 0.2) is 0 Å². The van der Waals surface area contributed by atoms with Crippen molar-refractivity contribution in [3.63, 3.8) is 0 Å². The van der Waals surface area contributed by atoms with Gasteiger partial charge in [-0.25, -0.2) is 12.7 Å². The third-order valence-corrected chi connectivity index (χ3v) is 4.43. The molecule has 1 rings (SSSR count). The molecule has 0 bridgehead atoms. The minimum absolute atomic E-state index is 0.0337. The average molecular weight is 255 g/mol. The van der Waals surface area contributed by atoms with Gasteiger partial charge in [0.05, 0.1) is 4.90 Å². The Morgan fingerprint density at radius 1 is 1.24 bits per heavy atom. The van der Waals surface area contributed by atoms with Crippen LogP contribution in [0.5, 0.6) is 0 Å². The van der Waals surface area contributed by atoms with Crippen LogP contribution in [0.3, 0.4) is 0 Å². The van der Waals surface area contributed by atoms with Crippen molar-refractivity contribution in [1.82, 2.24) is 4.31 Å². The summed E-state index contributed by atoms with van der Waals surface area (Å²) in [5.41, 5.74) is 0.563. The van der Waals surface area contributed by atoms with Crippen LogP contribution in [0.1, 0.15) is 18.9 Å². The predicted octanol–water partition coefficient (Wildman–Crippen LogP) is 1.46. The lowest BCUT2D eigenvalue weighted by atomic mass is 10.1. The zero-order valence-corrected chi connectivity index (χ0v) is 11.1. The van der Waals surface area contributed by atoms with Crippen molar-refractivity contribution < 1.29 is 13.2 Å². The highest BCUT2D eigenvalue weighted by atomic mass is 32.2. The number of sulfonamides is 1. The maximum atomic E-state index is 12.0. The second-order valence-corrected chi connectivity index (χ2v) is 6.08. The van der Waals surface area contributed by atoms with Crippen LogP contribution >= 0.6 is 0 Å². The van der Waals surface area contributed by atoms with E-state index in [4.69, 9.17) is 0 Å². The SMILES string of the molecule is CCC(=O)Cc1ccccc1S(=O)(=O)N(C)C. The summed E-state index contributed by atoms with van der Waals surface area (Å²) in [5.74, 6) is 0.0337. The first-order valence-electron chi connectivity index (χ1n) is 5.41. The molecule has 0 unspecified atom stereocenters. The molecular formula is C12H17NO3S. The number of hydrogen-bond acceptors (Lipinski definition) is 3. The molecule has 1 aromatic rings. The minimum atomic E-state index is -3.48. The zero-order chi connectivity index (χ0) is 13.1. The van der Waals surface area contributed by atoms with Gasteiger partial charge in [-0.15, -0.1) is 0 Å². The zero-order valence-electron chi connectivity index (χ0n) is 10.3. The Labute approximate surface area is 102 Å². The summed E-state index contributed by atoms with van der Waals surface area (Å²) < 4.78 is 25.2. The number of Topliss-reactive ketones (excluding diaryl/α,β-unsaturated/α-hetero) is 1. The molecule has 4 nitrogen and oxygen atoms in total. The monoisotopic (exact) mass is 255 g/mol. The van der Waals surface area contributed by atoms with Crippen molar-refractivity contribution in [2.75, 3.05) is 14.1 Å². The summed E-state index contributed by atoms with van der Waals surface area (Å²) in [6.45, 7) is 1.77. The highest BCUT2D eigenvalue weighted by molar-refractivity contribution is 7.89. The third-order valence-electron chi connectivity index (χ3n) is 2.51. The van der Waals surface area contributed by atoms with Crippen LogP contribution in [0, 0.1) is 0 Å². The molecule has 0 amide bonds. The molecule has 0 saturated heterocycles. The number of benzene rings is 1. The maximum Gasteiger partial charge on any atom is 0.242 e. The summed E-state index contributed by atoms with van der Waals surface area (Å²) in [7, 11) is -0.520. The van der Waals surface area contributed by atoms with Gasteiger partial charge in [-0.05, 0) is 11.6 Å². The summed E-state index contributed by atoms with van der Waals surface area (Å²) in [5, 5.41) is 0. The highest BCUT2D eigenvalue weighted by Crippen LogP contribution is 2.19. The number of hydrogen-bond donors (Lipinski definition) is 0. The molecule has 0 atom stereocenters. The number of nitrogens with zero attached hydrogens (tertiary/aromatic N) is 1. The smallest absolute Gasteiger partial charge is 0.242 e. The first kappa shape index (κ1) is 13.9. The van der Waals surface area contributed by atoms with Crippen molar-refractivity contribution in [2.24, 2.45) is 0 Å². The Hall–Kier alpha value is -1.20. The van der Waals surface area contributed by atoms with Crippen LogP contribution < -0.4 is 0 Å². The van der Waals surface area contributed by atoms with Crippen LogP contribution in [-0.4, -0.2) is 32.6 Å². The molecule has 0 heterocycles. The molecule has 0 aliphatic rings. The van der Waals surface area contributed by atoms with Crippen LogP contribution in [-0.2, 0) is 21.2 Å². The van der Waals surface area contributed by atoms with Crippen molar-refractivity contribution in [3.8, 4) is 0 Å². The summed E-state index contributed by atoms with van der Waals surface area (Å²) in [6, 6.07) is 6.63. The first-order chi connectivity index (χ1) is 7.89. The van der Waals surface area contributed by atoms with Crippen LogP contribution in [0.15, 0.2) is 29.2 Å². The van der Waals surface area contributed by atoms with Gasteiger partial charge >= 0.3 is 0 Å². The molecule has 1 aromatic carbocycles. The standard InChI is InChI=1S/C12H17NO3S/c1-4-11(14)9-10-7-5-6-8-12(10)17(15,16)13(2)3/h5-8H,4,9H2,1-3H3. The van der Waals surface area contributed by atoms with Gasteiger partial charge in [0.2, 0.25) is 10.0 Å². The lowest BCUT2D eigenvalue weighted by Crippen LogP contribution is -2.23. The van der Waals surface area contributed by atoms with E-state index in [0.29, 0.717) is 12.0 Å². The number of carbonyl (C=O) groups is 1. The maximum absolute atomic E-state index is 12.0. The van der Waals surface area contributed by atoms with Gasteiger partial charge < -0.3 is 0 Å². The van der Waals surface area contributed by atoms with E-state index >= 15 is 0 Å². The van der Waals surface area contributed by atoms with Crippen molar-refractivity contribution in [2.45, 2.75) is 24.7 Å². The molecular weight excluding hydrogens is 238 g/mol. The van der Waals surface area contributed by atoms with Gasteiger partial charge in [-0.2, -0.15) is 0 Å².